The van der Waals surface area contributed by atoms with Gasteiger partial charge in [-0.25, -0.2) is 4.39 Å². The predicted octanol–water partition coefficient (Wildman–Crippen LogP) is 4.17. The molecule has 0 aliphatic heterocycles. The minimum absolute atomic E-state index is 0.328. The number of nitrogen functional groups attached to an aromatic ring is 1. The van der Waals surface area contributed by atoms with Crippen LogP contribution >= 0.6 is 0 Å². The van der Waals surface area contributed by atoms with Crippen molar-refractivity contribution in [3.63, 3.8) is 0 Å². The van der Waals surface area contributed by atoms with Gasteiger partial charge in [-0.15, -0.1) is 0 Å². The minimum atomic E-state index is -0.328. The van der Waals surface area contributed by atoms with Crippen LogP contribution in [0.25, 0.3) is 10.8 Å². The van der Waals surface area contributed by atoms with Crippen molar-refractivity contribution in [1.82, 2.24) is 0 Å². The van der Waals surface area contributed by atoms with Gasteiger partial charge in [0.05, 0.1) is 11.4 Å². The second-order valence-corrected chi connectivity index (χ2v) is 4.74. The zero-order valence-corrected chi connectivity index (χ0v) is 10.9. The highest BCUT2D eigenvalue weighted by Crippen LogP contribution is 2.23. The van der Waals surface area contributed by atoms with Crippen molar-refractivity contribution in [2.24, 2.45) is 0 Å². The van der Waals surface area contributed by atoms with Gasteiger partial charge >= 0.3 is 0 Å². The van der Waals surface area contributed by atoms with Gasteiger partial charge in [-0.1, -0.05) is 42.5 Å². The number of halogens is 1. The summed E-state index contributed by atoms with van der Waals surface area (Å²) in [5.41, 5.74) is 7.65. The smallest absolute Gasteiger partial charge is 0.148 e. The zero-order valence-electron chi connectivity index (χ0n) is 10.9. The molecule has 20 heavy (non-hydrogen) atoms. The Morgan fingerprint density at radius 3 is 2.50 bits per heavy atom. The summed E-state index contributed by atoms with van der Waals surface area (Å²) in [5, 5.41) is 5.43. The Morgan fingerprint density at radius 1 is 0.900 bits per heavy atom. The lowest BCUT2D eigenvalue weighted by Crippen LogP contribution is -2.04. The number of hydrogen-bond acceptors (Lipinski definition) is 2. The molecule has 3 N–H and O–H groups in total. The Hall–Kier alpha value is -2.55. The normalized spacial score (nSPS) is 10.7. The van der Waals surface area contributed by atoms with Crippen LogP contribution in [0.1, 0.15) is 5.56 Å². The summed E-state index contributed by atoms with van der Waals surface area (Å²) >= 11 is 0. The molecule has 0 saturated carbocycles. The van der Waals surface area contributed by atoms with E-state index in [-0.39, 0.29) is 5.82 Å². The lowest BCUT2D eigenvalue weighted by atomic mass is 10.1. The fourth-order valence-corrected chi connectivity index (χ4v) is 2.27. The molecule has 3 aromatic carbocycles. The molecule has 2 nitrogen and oxygen atoms in total. The van der Waals surface area contributed by atoms with Crippen molar-refractivity contribution < 1.29 is 4.39 Å². The Labute approximate surface area is 117 Å². The molecular formula is C17H15FN2. The van der Waals surface area contributed by atoms with Gasteiger partial charge < -0.3 is 11.1 Å². The lowest BCUT2D eigenvalue weighted by molar-refractivity contribution is 0.631. The maximum Gasteiger partial charge on any atom is 0.148 e. The van der Waals surface area contributed by atoms with Gasteiger partial charge in [0.25, 0.3) is 0 Å². The van der Waals surface area contributed by atoms with Crippen LogP contribution in [-0.4, -0.2) is 0 Å². The van der Waals surface area contributed by atoms with E-state index in [1.54, 1.807) is 12.1 Å². The topological polar surface area (TPSA) is 38.0 Å². The van der Waals surface area contributed by atoms with Crippen LogP contribution in [0.5, 0.6) is 0 Å². The van der Waals surface area contributed by atoms with Gasteiger partial charge in [-0.05, 0) is 34.5 Å². The van der Waals surface area contributed by atoms with Crippen LogP contribution in [0.3, 0.4) is 0 Å². The molecule has 0 aliphatic rings. The molecule has 0 saturated heterocycles. The van der Waals surface area contributed by atoms with E-state index in [4.69, 9.17) is 5.73 Å². The summed E-state index contributed by atoms with van der Waals surface area (Å²) in [5.74, 6) is -0.328. The van der Waals surface area contributed by atoms with Crippen molar-refractivity contribution in [2.45, 2.75) is 6.54 Å². The average Bonchev–Trinajstić information content (AvgIpc) is 2.46. The third kappa shape index (κ3) is 2.43. The maximum absolute atomic E-state index is 13.7. The van der Waals surface area contributed by atoms with E-state index in [0.717, 1.165) is 5.56 Å². The van der Waals surface area contributed by atoms with Crippen LogP contribution in [0.4, 0.5) is 15.8 Å². The Morgan fingerprint density at radius 2 is 1.70 bits per heavy atom. The molecule has 0 bridgehead atoms. The van der Waals surface area contributed by atoms with Crippen molar-refractivity contribution in [2.75, 3.05) is 11.1 Å². The van der Waals surface area contributed by atoms with Crippen LogP contribution in [0, 0.1) is 5.82 Å². The zero-order chi connectivity index (χ0) is 13.9. The van der Waals surface area contributed by atoms with E-state index in [1.807, 2.05) is 18.2 Å². The molecule has 0 amide bonds. The molecule has 0 heterocycles. The number of nitrogens with one attached hydrogen (secondary N) is 1. The third-order valence-electron chi connectivity index (χ3n) is 3.33. The quantitative estimate of drug-likeness (QED) is 0.698. The Kier molecular flexibility index (Phi) is 3.25. The Balaban J connectivity index is 1.83. The second kappa shape index (κ2) is 5.21. The molecule has 0 unspecified atom stereocenters. The number of nitrogens with two attached hydrogens (primary N) is 1. The molecule has 0 radical (unpaired) electrons. The fourth-order valence-electron chi connectivity index (χ4n) is 2.27. The van der Waals surface area contributed by atoms with Gasteiger partial charge in [-0.3, -0.25) is 0 Å². The summed E-state index contributed by atoms with van der Waals surface area (Å²) in [7, 11) is 0. The first kappa shape index (κ1) is 12.5. The van der Waals surface area contributed by atoms with Gasteiger partial charge in [0.2, 0.25) is 0 Å². The average molecular weight is 266 g/mol. The highest BCUT2D eigenvalue weighted by molar-refractivity contribution is 5.83. The van der Waals surface area contributed by atoms with Crippen LogP contribution in [-0.2, 0) is 6.54 Å². The highest BCUT2D eigenvalue weighted by atomic mass is 19.1. The standard InChI is InChI=1S/C17H15FN2/c18-15-6-3-7-16(19)17(15)20-11-12-8-9-13-4-1-2-5-14(13)10-12/h1-10,20H,11,19H2. The summed E-state index contributed by atoms with van der Waals surface area (Å²) < 4.78 is 13.7. The molecule has 0 atom stereocenters. The second-order valence-electron chi connectivity index (χ2n) is 4.74. The summed E-state index contributed by atoms with van der Waals surface area (Å²) in [6, 6.07) is 19.0. The summed E-state index contributed by atoms with van der Waals surface area (Å²) in [6.45, 7) is 0.538. The van der Waals surface area contributed by atoms with E-state index < -0.39 is 0 Å². The summed E-state index contributed by atoms with van der Waals surface area (Å²) in [4.78, 5) is 0. The number of hydrogen-bond donors (Lipinski definition) is 2. The van der Waals surface area contributed by atoms with Crippen LogP contribution < -0.4 is 11.1 Å². The maximum atomic E-state index is 13.7. The minimum Gasteiger partial charge on any atom is -0.397 e. The molecule has 0 spiro atoms. The molecule has 100 valence electrons. The predicted molar refractivity (Wildman–Crippen MR) is 82.1 cm³/mol. The Bertz CT molecular complexity index is 733. The van der Waals surface area contributed by atoms with E-state index >= 15 is 0 Å². The molecule has 3 aromatic rings. The number of fused-ring (bicyclic) bond motifs is 1. The first-order chi connectivity index (χ1) is 9.74. The SMILES string of the molecule is Nc1cccc(F)c1NCc1ccc2ccccc2c1. The van der Waals surface area contributed by atoms with Crippen molar-refractivity contribution in [1.29, 1.82) is 0 Å². The number of anilines is 2. The largest absolute Gasteiger partial charge is 0.397 e. The van der Waals surface area contributed by atoms with Crippen molar-refractivity contribution in [3.05, 3.63) is 72.0 Å². The fraction of sp³-hybridized carbons (Fsp3) is 0.0588. The third-order valence-corrected chi connectivity index (χ3v) is 3.33. The van der Waals surface area contributed by atoms with Crippen LogP contribution in [0.2, 0.25) is 0 Å². The van der Waals surface area contributed by atoms with Crippen molar-refractivity contribution in [3.8, 4) is 0 Å². The lowest BCUT2D eigenvalue weighted by Gasteiger charge is -2.10. The molecule has 0 fully saturated rings. The number of benzene rings is 3. The van der Waals surface area contributed by atoms with E-state index in [9.17, 15) is 4.39 Å². The first-order valence-corrected chi connectivity index (χ1v) is 6.49. The van der Waals surface area contributed by atoms with Crippen molar-refractivity contribution >= 4 is 22.1 Å². The molecule has 0 aliphatic carbocycles. The molecule has 3 rings (SSSR count). The van der Waals surface area contributed by atoms with E-state index in [2.05, 4.69) is 29.6 Å². The van der Waals surface area contributed by atoms with Gasteiger partial charge in [-0.2, -0.15) is 0 Å². The number of rotatable bonds is 3. The van der Waals surface area contributed by atoms with E-state index in [0.29, 0.717) is 17.9 Å². The van der Waals surface area contributed by atoms with Gasteiger partial charge in [0, 0.05) is 6.54 Å². The highest BCUT2D eigenvalue weighted by Gasteiger charge is 2.05. The molecule has 0 aromatic heterocycles. The summed E-state index contributed by atoms with van der Waals surface area (Å²) in [6.07, 6.45) is 0. The molecule has 3 heteroatoms. The van der Waals surface area contributed by atoms with Gasteiger partial charge in [0.1, 0.15) is 5.82 Å². The number of para-hydroxylation sites is 1. The first-order valence-electron chi connectivity index (χ1n) is 6.49. The monoisotopic (exact) mass is 266 g/mol. The van der Waals surface area contributed by atoms with Gasteiger partial charge in [0.15, 0.2) is 0 Å². The van der Waals surface area contributed by atoms with Crippen LogP contribution in [0.15, 0.2) is 60.7 Å². The van der Waals surface area contributed by atoms with E-state index in [1.165, 1.54) is 16.8 Å². The molecular weight excluding hydrogens is 251 g/mol.